The number of esters is 2. The number of rotatable bonds is 5. The van der Waals surface area contributed by atoms with Crippen LogP contribution in [0.3, 0.4) is 0 Å². The number of pyridine rings is 2. The van der Waals surface area contributed by atoms with Gasteiger partial charge < -0.3 is 9.47 Å². The van der Waals surface area contributed by atoms with E-state index in [1.165, 1.54) is 6.20 Å². The fourth-order valence-corrected chi connectivity index (χ4v) is 4.63. The predicted molar refractivity (Wildman–Crippen MR) is 158 cm³/mol. The fraction of sp³-hybridized carbons (Fsp3) is 0.259. The number of hydrogen-bond acceptors (Lipinski definition) is 10. The van der Waals surface area contributed by atoms with Crippen molar-refractivity contribution in [3.63, 3.8) is 0 Å². The molecule has 2 heterocycles. The summed E-state index contributed by atoms with van der Waals surface area (Å²) in [6, 6.07) is 10.4. The SMILES string of the molecule is COC(=O)C(C(=O)OC(C)(C)C)c1c([N+](=O)[O-])cnc2ccc(Br)cc12.Cc1c([N+](=O)[O-])cnc2ccc(Br)cc12. The molecule has 4 rings (SSSR count). The maximum Gasteiger partial charge on any atom is 0.325 e. The van der Waals surface area contributed by atoms with Crippen molar-refractivity contribution in [2.24, 2.45) is 0 Å². The molecule has 0 radical (unpaired) electrons. The van der Waals surface area contributed by atoms with Crippen LogP contribution < -0.4 is 0 Å². The molecule has 2 aromatic carbocycles. The molecule has 0 saturated heterocycles. The Morgan fingerprint density at radius 2 is 1.34 bits per heavy atom. The van der Waals surface area contributed by atoms with Crippen LogP contribution in [0.25, 0.3) is 21.8 Å². The van der Waals surface area contributed by atoms with Crippen LogP contribution in [-0.4, -0.2) is 44.5 Å². The fourth-order valence-electron chi connectivity index (χ4n) is 3.90. The van der Waals surface area contributed by atoms with Gasteiger partial charge in [0.15, 0.2) is 5.92 Å². The first-order chi connectivity index (χ1) is 19.1. The van der Waals surface area contributed by atoms with Gasteiger partial charge in [-0.25, -0.2) is 9.97 Å². The van der Waals surface area contributed by atoms with E-state index in [1.807, 2.05) is 18.2 Å². The minimum atomic E-state index is -1.61. The van der Waals surface area contributed by atoms with Crippen molar-refractivity contribution in [1.82, 2.24) is 9.97 Å². The second-order valence-corrected chi connectivity index (χ2v) is 11.5. The quantitative estimate of drug-likeness (QED) is 0.0949. The Bertz CT molecular complexity index is 1690. The zero-order valence-electron chi connectivity index (χ0n) is 22.5. The van der Waals surface area contributed by atoms with Crippen LogP contribution in [-0.2, 0) is 19.1 Å². The third-order valence-electron chi connectivity index (χ3n) is 5.68. The third-order valence-corrected chi connectivity index (χ3v) is 6.67. The molecule has 0 aliphatic heterocycles. The first-order valence-corrected chi connectivity index (χ1v) is 13.5. The van der Waals surface area contributed by atoms with E-state index >= 15 is 0 Å². The smallest absolute Gasteiger partial charge is 0.325 e. The van der Waals surface area contributed by atoms with E-state index in [0.717, 1.165) is 28.7 Å². The Hall–Kier alpha value is -4.04. The molecule has 12 nitrogen and oxygen atoms in total. The van der Waals surface area contributed by atoms with E-state index in [1.54, 1.807) is 45.9 Å². The normalized spacial score (nSPS) is 11.8. The summed E-state index contributed by atoms with van der Waals surface area (Å²) in [5.41, 5.74) is 0.403. The van der Waals surface area contributed by atoms with E-state index in [-0.39, 0.29) is 16.6 Å². The standard InChI is InChI=1S/C17H17BrN2O6.C10H7BrN2O2/c1-17(2,3)26-16(22)14(15(21)25-4)13-10-7-9(18)5-6-11(10)19-8-12(13)20(23)24;1-6-8-4-7(11)2-3-9(8)12-5-10(6)13(14)15/h5-8,14H,1-4H3;2-5H,1H3. The molecule has 0 aliphatic rings. The summed E-state index contributed by atoms with van der Waals surface area (Å²) in [6.07, 6.45) is 2.32. The highest BCUT2D eigenvalue weighted by Crippen LogP contribution is 2.36. The first kappa shape index (κ1) is 31.5. The van der Waals surface area contributed by atoms with Crippen molar-refractivity contribution in [1.29, 1.82) is 0 Å². The number of carbonyl (C=O) groups is 2. The lowest BCUT2D eigenvalue weighted by atomic mass is 9.93. The summed E-state index contributed by atoms with van der Waals surface area (Å²) in [4.78, 5) is 54.3. The zero-order valence-corrected chi connectivity index (χ0v) is 25.7. The van der Waals surface area contributed by atoms with Crippen LogP contribution in [0.1, 0.15) is 37.8 Å². The summed E-state index contributed by atoms with van der Waals surface area (Å²) in [6.45, 7) is 6.63. The third kappa shape index (κ3) is 7.38. The van der Waals surface area contributed by atoms with E-state index < -0.39 is 39.0 Å². The lowest BCUT2D eigenvalue weighted by molar-refractivity contribution is -0.385. The highest BCUT2D eigenvalue weighted by atomic mass is 79.9. The molecule has 41 heavy (non-hydrogen) atoms. The van der Waals surface area contributed by atoms with Crippen LogP contribution >= 0.6 is 31.9 Å². The number of benzene rings is 2. The van der Waals surface area contributed by atoms with Gasteiger partial charge in [0.2, 0.25) is 0 Å². The van der Waals surface area contributed by atoms with Gasteiger partial charge in [0, 0.05) is 25.3 Å². The van der Waals surface area contributed by atoms with E-state index in [0.29, 0.717) is 15.6 Å². The van der Waals surface area contributed by atoms with Crippen molar-refractivity contribution < 1.29 is 28.9 Å². The van der Waals surface area contributed by atoms with Crippen molar-refractivity contribution in [3.8, 4) is 0 Å². The minimum Gasteiger partial charge on any atom is -0.468 e. The summed E-state index contributed by atoms with van der Waals surface area (Å²) >= 11 is 6.62. The molecule has 0 fully saturated rings. The number of nitro groups is 2. The molecule has 0 aliphatic carbocycles. The Labute approximate surface area is 250 Å². The van der Waals surface area contributed by atoms with Crippen molar-refractivity contribution >= 4 is 77.0 Å². The number of aromatic nitrogens is 2. The molecular weight excluding hydrogens is 668 g/mol. The molecule has 4 aromatic rings. The molecule has 0 bridgehead atoms. The van der Waals surface area contributed by atoms with Crippen LogP contribution in [0.4, 0.5) is 11.4 Å². The first-order valence-electron chi connectivity index (χ1n) is 11.9. The van der Waals surface area contributed by atoms with Gasteiger partial charge in [0.25, 0.3) is 11.4 Å². The molecule has 1 unspecified atom stereocenters. The largest absolute Gasteiger partial charge is 0.468 e. The molecule has 214 valence electrons. The second kappa shape index (κ2) is 12.6. The summed E-state index contributed by atoms with van der Waals surface area (Å²) in [7, 11) is 1.10. The predicted octanol–water partition coefficient (Wildman–Crippen LogP) is 6.72. The lowest BCUT2D eigenvalue weighted by Crippen LogP contribution is -2.32. The number of carbonyl (C=O) groups excluding carboxylic acids is 2. The average molecular weight is 692 g/mol. The Balaban J connectivity index is 0.000000260. The second-order valence-electron chi connectivity index (χ2n) is 9.65. The van der Waals surface area contributed by atoms with Gasteiger partial charge in [0.05, 0.1) is 33.6 Å². The number of nitrogens with zero attached hydrogens (tertiary/aromatic N) is 4. The summed E-state index contributed by atoms with van der Waals surface area (Å²) in [5.74, 6) is -3.49. The van der Waals surface area contributed by atoms with Gasteiger partial charge in [-0.2, -0.15) is 0 Å². The molecule has 0 amide bonds. The molecular formula is C27H24Br2N4O8. The van der Waals surface area contributed by atoms with Gasteiger partial charge in [-0.1, -0.05) is 31.9 Å². The minimum absolute atomic E-state index is 0.0561. The van der Waals surface area contributed by atoms with Crippen molar-refractivity contribution in [2.45, 2.75) is 39.2 Å². The summed E-state index contributed by atoms with van der Waals surface area (Å²) < 4.78 is 11.5. The Kier molecular flexibility index (Phi) is 9.71. The van der Waals surface area contributed by atoms with Gasteiger partial charge >= 0.3 is 11.9 Å². The number of methoxy groups -OCH3 is 1. The Morgan fingerprint density at radius 1 is 0.854 bits per heavy atom. The average Bonchev–Trinajstić information content (AvgIpc) is 2.88. The number of aryl methyl sites for hydroxylation is 1. The van der Waals surface area contributed by atoms with E-state index in [2.05, 4.69) is 41.8 Å². The molecule has 2 aromatic heterocycles. The van der Waals surface area contributed by atoms with Gasteiger partial charge in [0.1, 0.15) is 18.0 Å². The van der Waals surface area contributed by atoms with Gasteiger partial charge in [-0.05, 0) is 64.1 Å². The van der Waals surface area contributed by atoms with Crippen molar-refractivity contribution in [2.75, 3.05) is 7.11 Å². The monoisotopic (exact) mass is 690 g/mol. The van der Waals surface area contributed by atoms with Crippen molar-refractivity contribution in [3.05, 3.63) is 89.1 Å². The zero-order chi connectivity index (χ0) is 30.6. The van der Waals surface area contributed by atoms with Gasteiger partial charge in [-0.15, -0.1) is 0 Å². The topological polar surface area (TPSA) is 165 Å². The van der Waals surface area contributed by atoms with E-state index in [9.17, 15) is 29.8 Å². The number of fused-ring (bicyclic) bond motifs is 2. The van der Waals surface area contributed by atoms with Crippen LogP contribution in [0.15, 0.2) is 57.7 Å². The maximum absolute atomic E-state index is 12.7. The lowest BCUT2D eigenvalue weighted by Gasteiger charge is -2.23. The molecule has 14 heteroatoms. The maximum atomic E-state index is 12.7. The number of ether oxygens (including phenoxy) is 2. The number of halogens is 2. The molecule has 1 atom stereocenters. The highest BCUT2D eigenvalue weighted by molar-refractivity contribution is 9.10. The van der Waals surface area contributed by atoms with Gasteiger partial charge in [-0.3, -0.25) is 29.8 Å². The van der Waals surface area contributed by atoms with Crippen LogP contribution in [0, 0.1) is 27.2 Å². The molecule has 0 spiro atoms. The Morgan fingerprint density at radius 3 is 1.83 bits per heavy atom. The molecule has 0 saturated carbocycles. The summed E-state index contributed by atoms with van der Waals surface area (Å²) in [5, 5.41) is 23.3. The number of hydrogen-bond donors (Lipinski definition) is 0. The highest BCUT2D eigenvalue weighted by Gasteiger charge is 2.40. The van der Waals surface area contributed by atoms with Crippen LogP contribution in [0.2, 0.25) is 0 Å². The van der Waals surface area contributed by atoms with Crippen LogP contribution in [0.5, 0.6) is 0 Å². The van der Waals surface area contributed by atoms with E-state index in [4.69, 9.17) is 9.47 Å². The molecule has 0 N–H and O–H groups in total.